The fraction of sp³-hybridized carbons (Fsp3) is 1.00. The van der Waals surface area contributed by atoms with Gasteiger partial charge in [-0.3, -0.25) is 0 Å². The molecule has 0 bridgehead atoms. The van der Waals surface area contributed by atoms with Crippen molar-refractivity contribution in [1.29, 1.82) is 0 Å². The molecule has 0 spiro atoms. The molecule has 2 heteroatoms. The van der Waals surface area contributed by atoms with Gasteiger partial charge in [0.2, 0.25) is 0 Å². The van der Waals surface area contributed by atoms with Gasteiger partial charge in [0, 0.05) is 13.2 Å². The summed E-state index contributed by atoms with van der Waals surface area (Å²) in [6.07, 6.45) is 8.36. The van der Waals surface area contributed by atoms with Crippen molar-refractivity contribution >= 4 is 0 Å². The SMILES string of the molecule is CCOCCCNCCC1CCCC(C)C1. The molecule has 1 rings (SSSR count). The number of hydrogen-bond donors (Lipinski definition) is 1. The van der Waals surface area contributed by atoms with Crippen molar-refractivity contribution in [3.8, 4) is 0 Å². The van der Waals surface area contributed by atoms with Crippen LogP contribution >= 0.6 is 0 Å². The molecule has 2 nitrogen and oxygen atoms in total. The maximum absolute atomic E-state index is 5.30. The van der Waals surface area contributed by atoms with E-state index >= 15 is 0 Å². The van der Waals surface area contributed by atoms with Crippen LogP contribution in [0, 0.1) is 11.8 Å². The van der Waals surface area contributed by atoms with Gasteiger partial charge < -0.3 is 10.1 Å². The van der Waals surface area contributed by atoms with Gasteiger partial charge in [0.25, 0.3) is 0 Å². The maximum Gasteiger partial charge on any atom is 0.0477 e. The first kappa shape index (κ1) is 14.0. The summed E-state index contributed by atoms with van der Waals surface area (Å²) in [6.45, 7) is 8.52. The van der Waals surface area contributed by atoms with Crippen LogP contribution < -0.4 is 5.32 Å². The monoisotopic (exact) mass is 227 g/mol. The highest BCUT2D eigenvalue weighted by molar-refractivity contribution is 4.71. The molecular weight excluding hydrogens is 198 g/mol. The molecule has 0 aromatic heterocycles. The van der Waals surface area contributed by atoms with E-state index in [0.717, 1.165) is 38.0 Å². The van der Waals surface area contributed by atoms with Gasteiger partial charge >= 0.3 is 0 Å². The molecule has 0 heterocycles. The standard InChI is InChI=1S/C14H29NO/c1-3-16-11-5-9-15-10-8-14-7-4-6-13(2)12-14/h13-15H,3-12H2,1-2H3. The Morgan fingerprint density at radius 3 is 2.88 bits per heavy atom. The van der Waals surface area contributed by atoms with E-state index in [4.69, 9.17) is 4.74 Å². The predicted molar refractivity (Wildman–Crippen MR) is 69.7 cm³/mol. The lowest BCUT2D eigenvalue weighted by Gasteiger charge is -2.26. The quantitative estimate of drug-likeness (QED) is 0.643. The highest BCUT2D eigenvalue weighted by atomic mass is 16.5. The van der Waals surface area contributed by atoms with Crippen molar-refractivity contribution in [3.05, 3.63) is 0 Å². The molecule has 0 aromatic rings. The highest BCUT2D eigenvalue weighted by Gasteiger charge is 2.17. The Morgan fingerprint density at radius 2 is 2.12 bits per heavy atom. The van der Waals surface area contributed by atoms with Crippen molar-refractivity contribution in [2.45, 2.75) is 52.4 Å². The molecule has 2 unspecified atom stereocenters. The zero-order chi connectivity index (χ0) is 11.6. The van der Waals surface area contributed by atoms with Crippen LogP contribution in [0.3, 0.4) is 0 Å². The molecule has 1 N–H and O–H groups in total. The summed E-state index contributed by atoms with van der Waals surface area (Å²) in [5.74, 6) is 1.96. The molecular formula is C14H29NO. The van der Waals surface area contributed by atoms with Crippen LogP contribution in [-0.2, 0) is 4.74 Å². The summed E-state index contributed by atoms with van der Waals surface area (Å²) >= 11 is 0. The van der Waals surface area contributed by atoms with Crippen LogP contribution in [0.15, 0.2) is 0 Å². The van der Waals surface area contributed by atoms with Gasteiger partial charge in [0.05, 0.1) is 0 Å². The molecule has 1 fully saturated rings. The van der Waals surface area contributed by atoms with Crippen LogP contribution in [0.25, 0.3) is 0 Å². The van der Waals surface area contributed by atoms with Crippen LogP contribution in [-0.4, -0.2) is 26.3 Å². The van der Waals surface area contributed by atoms with E-state index in [2.05, 4.69) is 19.2 Å². The van der Waals surface area contributed by atoms with Crippen molar-refractivity contribution in [2.75, 3.05) is 26.3 Å². The number of rotatable bonds is 8. The average molecular weight is 227 g/mol. The molecule has 0 aliphatic heterocycles. The Bertz CT molecular complexity index is 161. The van der Waals surface area contributed by atoms with E-state index in [-0.39, 0.29) is 0 Å². The summed E-state index contributed by atoms with van der Waals surface area (Å²) in [5.41, 5.74) is 0. The van der Waals surface area contributed by atoms with Crippen LogP contribution in [0.1, 0.15) is 52.4 Å². The lowest BCUT2D eigenvalue weighted by atomic mass is 9.81. The fourth-order valence-electron chi connectivity index (χ4n) is 2.70. The molecule has 0 aromatic carbocycles. The lowest BCUT2D eigenvalue weighted by molar-refractivity contribution is 0.144. The smallest absolute Gasteiger partial charge is 0.0477 e. The molecule has 96 valence electrons. The molecule has 0 amide bonds. The summed E-state index contributed by atoms with van der Waals surface area (Å²) in [6, 6.07) is 0. The number of hydrogen-bond acceptors (Lipinski definition) is 2. The second-order valence-electron chi connectivity index (χ2n) is 5.23. The third-order valence-corrected chi connectivity index (χ3v) is 3.62. The first-order chi connectivity index (χ1) is 7.83. The minimum atomic E-state index is 0.847. The summed E-state index contributed by atoms with van der Waals surface area (Å²) in [7, 11) is 0. The van der Waals surface area contributed by atoms with Gasteiger partial charge in [0.1, 0.15) is 0 Å². The van der Waals surface area contributed by atoms with E-state index < -0.39 is 0 Å². The van der Waals surface area contributed by atoms with Crippen LogP contribution in [0.4, 0.5) is 0 Å². The van der Waals surface area contributed by atoms with Crippen LogP contribution in [0.2, 0.25) is 0 Å². The van der Waals surface area contributed by atoms with Gasteiger partial charge in [0.15, 0.2) is 0 Å². The third-order valence-electron chi connectivity index (χ3n) is 3.62. The lowest BCUT2D eigenvalue weighted by Crippen LogP contribution is -2.22. The zero-order valence-corrected chi connectivity index (χ0v) is 11.1. The van der Waals surface area contributed by atoms with E-state index in [1.165, 1.54) is 38.6 Å². The first-order valence-corrected chi connectivity index (χ1v) is 7.11. The minimum absolute atomic E-state index is 0.847. The zero-order valence-electron chi connectivity index (χ0n) is 11.1. The number of nitrogens with one attached hydrogen (secondary N) is 1. The van der Waals surface area contributed by atoms with E-state index in [9.17, 15) is 0 Å². The largest absolute Gasteiger partial charge is 0.382 e. The normalized spacial score (nSPS) is 25.9. The first-order valence-electron chi connectivity index (χ1n) is 7.11. The van der Waals surface area contributed by atoms with Gasteiger partial charge in [-0.1, -0.05) is 26.2 Å². The molecule has 0 radical (unpaired) electrons. The summed E-state index contributed by atoms with van der Waals surface area (Å²) < 4.78 is 5.30. The van der Waals surface area contributed by atoms with Crippen molar-refractivity contribution in [2.24, 2.45) is 11.8 Å². The Hall–Kier alpha value is -0.0800. The Morgan fingerprint density at radius 1 is 1.25 bits per heavy atom. The van der Waals surface area contributed by atoms with Crippen LogP contribution in [0.5, 0.6) is 0 Å². The number of ether oxygens (including phenoxy) is 1. The van der Waals surface area contributed by atoms with E-state index in [1.54, 1.807) is 0 Å². The van der Waals surface area contributed by atoms with Crippen molar-refractivity contribution in [1.82, 2.24) is 5.32 Å². The fourth-order valence-corrected chi connectivity index (χ4v) is 2.70. The second kappa shape index (κ2) is 9.00. The van der Waals surface area contributed by atoms with Crippen molar-refractivity contribution < 1.29 is 4.74 Å². The summed E-state index contributed by atoms with van der Waals surface area (Å²) in [5, 5.41) is 3.53. The molecule has 2 atom stereocenters. The van der Waals surface area contributed by atoms with Gasteiger partial charge in [-0.25, -0.2) is 0 Å². The average Bonchev–Trinajstić information content (AvgIpc) is 2.28. The Balaban J connectivity index is 1.86. The van der Waals surface area contributed by atoms with Crippen molar-refractivity contribution in [3.63, 3.8) is 0 Å². The topological polar surface area (TPSA) is 21.3 Å². The second-order valence-corrected chi connectivity index (χ2v) is 5.23. The summed E-state index contributed by atoms with van der Waals surface area (Å²) in [4.78, 5) is 0. The van der Waals surface area contributed by atoms with Gasteiger partial charge in [-0.2, -0.15) is 0 Å². The minimum Gasteiger partial charge on any atom is -0.382 e. The predicted octanol–water partition coefficient (Wildman–Crippen LogP) is 3.22. The van der Waals surface area contributed by atoms with E-state index in [1.807, 2.05) is 0 Å². The van der Waals surface area contributed by atoms with E-state index in [0.29, 0.717) is 0 Å². The molecule has 1 aliphatic rings. The molecule has 16 heavy (non-hydrogen) atoms. The maximum atomic E-state index is 5.30. The molecule has 1 saturated carbocycles. The third kappa shape index (κ3) is 6.49. The molecule has 1 aliphatic carbocycles. The van der Waals surface area contributed by atoms with Gasteiger partial charge in [-0.05, 0) is 51.1 Å². The Kier molecular flexibility index (Phi) is 7.87. The molecule has 0 saturated heterocycles. The van der Waals surface area contributed by atoms with Gasteiger partial charge in [-0.15, -0.1) is 0 Å². The Labute approximate surface area is 101 Å². The highest BCUT2D eigenvalue weighted by Crippen LogP contribution is 2.30.